The molecule has 4 rings (SSSR count). The normalized spacial score (nSPS) is 22.8. The number of benzene rings is 2. The van der Waals surface area contributed by atoms with Crippen LogP contribution in [-0.4, -0.2) is 25.6 Å². The number of fused-ring (bicyclic) bond motifs is 2. The number of methoxy groups -OCH3 is 1. The van der Waals surface area contributed by atoms with E-state index in [1.54, 1.807) is 4.90 Å². The van der Waals surface area contributed by atoms with E-state index >= 15 is 0 Å². The summed E-state index contributed by atoms with van der Waals surface area (Å²) in [7, 11) is 1.45. The van der Waals surface area contributed by atoms with Crippen molar-refractivity contribution in [1.29, 1.82) is 0 Å². The van der Waals surface area contributed by atoms with Crippen LogP contribution in [0.15, 0.2) is 64.8 Å². The van der Waals surface area contributed by atoms with Crippen molar-refractivity contribution in [2.75, 3.05) is 18.6 Å². The number of anilines is 1. The Bertz CT molecular complexity index is 925. The standard InChI is InChI=1S/C20H16BrNO4/c1-25-11-16-18(23)26-12-20(16)15-9-14(21)7-8-17(15)22(19(20)24)10-13-5-3-2-4-6-13/h2-9,11H,10,12H2,1H3/b16-11+. The first-order valence-corrected chi connectivity index (χ1v) is 8.93. The second kappa shape index (κ2) is 6.29. The number of amides is 1. The van der Waals surface area contributed by atoms with Crippen molar-refractivity contribution >= 4 is 33.5 Å². The van der Waals surface area contributed by atoms with Gasteiger partial charge in [0, 0.05) is 15.7 Å². The number of carbonyl (C=O) groups is 2. The van der Waals surface area contributed by atoms with Gasteiger partial charge < -0.3 is 14.4 Å². The summed E-state index contributed by atoms with van der Waals surface area (Å²) in [6.45, 7) is 0.402. The van der Waals surface area contributed by atoms with Crippen molar-refractivity contribution < 1.29 is 19.1 Å². The zero-order valence-corrected chi connectivity index (χ0v) is 15.7. The van der Waals surface area contributed by atoms with E-state index in [2.05, 4.69) is 15.9 Å². The number of halogens is 1. The summed E-state index contributed by atoms with van der Waals surface area (Å²) in [6, 6.07) is 15.4. The van der Waals surface area contributed by atoms with E-state index in [-0.39, 0.29) is 18.1 Å². The number of hydrogen-bond donors (Lipinski definition) is 0. The Hall–Kier alpha value is -2.60. The van der Waals surface area contributed by atoms with E-state index in [1.165, 1.54) is 13.4 Å². The van der Waals surface area contributed by atoms with Gasteiger partial charge in [0.2, 0.25) is 5.91 Å². The zero-order chi connectivity index (χ0) is 18.3. The highest BCUT2D eigenvalue weighted by Crippen LogP contribution is 2.50. The number of rotatable bonds is 3. The van der Waals surface area contributed by atoms with E-state index in [4.69, 9.17) is 9.47 Å². The van der Waals surface area contributed by atoms with E-state index in [1.807, 2.05) is 48.5 Å². The van der Waals surface area contributed by atoms with Crippen LogP contribution in [0.25, 0.3) is 0 Å². The fourth-order valence-electron chi connectivity index (χ4n) is 3.63. The van der Waals surface area contributed by atoms with Gasteiger partial charge >= 0.3 is 5.97 Å². The van der Waals surface area contributed by atoms with Gasteiger partial charge in [-0.25, -0.2) is 4.79 Å². The zero-order valence-electron chi connectivity index (χ0n) is 14.1. The van der Waals surface area contributed by atoms with Crippen LogP contribution >= 0.6 is 15.9 Å². The van der Waals surface area contributed by atoms with E-state index in [0.717, 1.165) is 21.3 Å². The van der Waals surface area contributed by atoms with Crippen LogP contribution in [0.5, 0.6) is 0 Å². The largest absolute Gasteiger partial charge is 0.504 e. The molecule has 5 nitrogen and oxygen atoms in total. The number of hydrogen-bond acceptors (Lipinski definition) is 4. The van der Waals surface area contributed by atoms with Gasteiger partial charge in [-0.05, 0) is 23.8 Å². The summed E-state index contributed by atoms with van der Waals surface area (Å²) in [5.74, 6) is -0.698. The third kappa shape index (κ3) is 2.36. The second-order valence-electron chi connectivity index (χ2n) is 6.29. The molecule has 2 aliphatic rings. The molecule has 6 heteroatoms. The fraction of sp³-hybridized carbons (Fsp3) is 0.200. The lowest BCUT2D eigenvalue weighted by Gasteiger charge is -2.22. The number of nitrogens with zero attached hydrogens (tertiary/aromatic N) is 1. The van der Waals surface area contributed by atoms with Gasteiger partial charge in [-0.2, -0.15) is 0 Å². The van der Waals surface area contributed by atoms with Crippen LogP contribution in [0.2, 0.25) is 0 Å². The smallest absolute Gasteiger partial charge is 0.338 e. The molecule has 0 bridgehead atoms. The van der Waals surface area contributed by atoms with Gasteiger partial charge in [-0.1, -0.05) is 46.3 Å². The quantitative estimate of drug-likeness (QED) is 0.439. The minimum Gasteiger partial charge on any atom is -0.504 e. The monoisotopic (exact) mass is 413 g/mol. The molecule has 2 aliphatic heterocycles. The maximum absolute atomic E-state index is 13.5. The van der Waals surface area contributed by atoms with Crippen LogP contribution in [0, 0.1) is 0 Å². The fourth-order valence-corrected chi connectivity index (χ4v) is 3.99. The van der Waals surface area contributed by atoms with E-state index < -0.39 is 11.4 Å². The predicted octanol–water partition coefficient (Wildman–Crippen LogP) is 3.32. The first kappa shape index (κ1) is 16.8. The first-order valence-electron chi connectivity index (χ1n) is 8.14. The molecule has 26 heavy (non-hydrogen) atoms. The maximum Gasteiger partial charge on any atom is 0.338 e. The van der Waals surface area contributed by atoms with Gasteiger partial charge in [0.05, 0.1) is 25.5 Å². The molecule has 1 saturated heterocycles. The Morgan fingerprint density at radius 2 is 2.00 bits per heavy atom. The van der Waals surface area contributed by atoms with Gasteiger partial charge in [0.15, 0.2) is 0 Å². The average Bonchev–Trinajstić information content (AvgIpc) is 3.08. The Labute approximate surface area is 159 Å². The SMILES string of the molecule is CO/C=C1\C(=O)OCC12C(=O)N(Cc1ccccc1)c1ccc(Br)cc12. The van der Waals surface area contributed by atoms with Crippen molar-refractivity contribution in [1.82, 2.24) is 0 Å². The van der Waals surface area contributed by atoms with Crippen molar-refractivity contribution in [3.8, 4) is 0 Å². The minimum atomic E-state index is -1.17. The Kier molecular flexibility index (Phi) is 4.07. The van der Waals surface area contributed by atoms with Gasteiger partial charge in [-0.15, -0.1) is 0 Å². The third-order valence-electron chi connectivity index (χ3n) is 4.84. The first-order chi connectivity index (χ1) is 12.6. The summed E-state index contributed by atoms with van der Waals surface area (Å²) in [5, 5.41) is 0. The molecule has 0 radical (unpaired) electrons. The highest BCUT2D eigenvalue weighted by atomic mass is 79.9. The molecule has 1 atom stereocenters. The average molecular weight is 414 g/mol. The Balaban J connectivity index is 1.88. The predicted molar refractivity (Wildman–Crippen MR) is 99.5 cm³/mol. The Morgan fingerprint density at radius 3 is 2.73 bits per heavy atom. The van der Waals surface area contributed by atoms with Crippen LogP contribution in [0.1, 0.15) is 11.1 Å². The van der Waals surface area contributed by atoms with Crippen molar-refractivity contribution in [2.24, 2.45) is 0 Å². The Morgan fingerprint density at radius 1 is 1.23 bits per heavy atom. The van der Waals surface area contributed by atoms with Crippen molar-refractivity contribution in [3.05, 3.63) is 76.0 Å². The number of cyclic esters (lactones) is 1. The molecule has 2 heterocycles. The summed E-state index contributed by atoms with van der Waals surface area (Å²) in [5.41, 5.74) is 1.61. The molecule has 0 aromatic heterocycles. The lowest BCUT2D eigenvalue weighted by atomic mass is 9.77. The lowest BCUT2D eigenvalue weighted by molar-refractivity contribution is -0.135. The molecule has 0 aliphatic carbocycles. The van der Waals surface area contributed by atoms with Crippen LogP contribution in [-0.2, 0) is 31.0 Å². The van der Waals surface area contributed by atoms with Crippen LogP contribution in [0.4, 0.5) is 5.69 Å². The summed E-state index contributed by atoms with van der Waals surface area (Å²) >= 11 is 3.47. The molecule has 1 unspecified atom stereocenters. The van der Waals surface area contributed by atoms with Crippen LogP contribution < -0.4 is 4.90 Å². The molecule has 1 fully saturated rings. The number of carbonyl (C=O) groups excluding carboxylic acids is 2. The minimum absolute atomic E-state index is 0.0192. The van der Waals surface area contributed by atoms with Gasteiger partial charge in [-0.3, -0.25) is 4.79 Å². The summed E-state index contributed by atoms with van der Waals surface area (Å²) in [6.07, 6.45) is 1.32. The number of esters is 1. The highest BCUT2D eigenvalue weighted by Gasteiger charge is 2.60. The van der Waals surface area contributed by atoms with Crippen molar-refractivity contribution in [2.45, 2.75) is 12.0 Å². The summed E-state index contributed by atoms with van der Waals surface area (Å²) < 4.78 is 11.2. The molecule has 0 N–H and O–H groups in total. The van der Waals surface area contributed by atoms with E-state index in [0.29, 0.717) is 6.54 Å². The third-order valence-corrected chi connectivity index (χ3v) is 5.33. The van der Waals surface area contributed by atoms with Crippen molar-refractivity contribution in [3.63, 3.8) is 0 Å². The molecule has 2 aromatic rings. The second-order valence-corrected chi connectivity index (χ2v) is 7.20. The molecular weight excluding hydrogens is 398 g/mol. The van der Waals surface area contributed by atoms with Crippen LogP contribution in [0.3, 0.4) is 0 Å². The van der Waals surface area contributed by atoms with Gasteiger partial charge in [0.1, 0.15) is 12.0 Å². The molecule has 1 spiro atoms. The van der Waals surface area contributed by atoms with E-state index in [9.17, 15) is 9.59 Å². The highest BCUT2D eigenvalue weighted by molar-refractivity contribution is 9.10. The molecule has 0 saturated carbocycles. The van der Waals surface area contributed by atoms with Gasteiger partial charge in [0.25, 0.3) is 0 Å². The molecule has 132 valence electrons. The molecule has 1 amide bonds. The molecule has 2 aromatic carbocycles. The lowest BCUT2D eigenvalue weighted by Crippen LogP contribution is -2.42. The summed E-state index contributed by atoms with van der Waals surface area (Å²) in [4.78, 5) is 27.5. The topological polar surface area (TPSA) is 55.8 Å². The number of ether oxygens (including phenoxy) is 2. The molecular formula is C20H16BrNO4. The maximum atomic E-state index is 13.5.